The number of piperazine rings is 1. The van der Waals surface area contributed by atoms with Gasteiger partial charge in [0.1, 0.15) is 5.82 Å². The quantitative estimate of drug-likeness (QED) is 0.883. The van der Waals surface area contributed by atoms with E-state index in [1.165, 1.54) is 12.8 Å². The van der Waals surface area contributed by atoms with Crippen molar-refractivity contribution < 1.29 is 0 Å². The molecule has 1 aromatic heterocycles. The number of hydrogen-bond acceptors (Lipinski definition) is 4. The van der Waals surface area contributed by atoms with Crippen LogP contribution in [0.4, 0.5) is 0 Å². The molecule has 2 atom stereocenters. The minimum atomic E-state index is 0.221. The van der Waals surface area contributed by atoms with Gasteiger partial charge in [-0.25, -0.2) is 9.97 Å². The molecule has 0 saturated carbocycles. The Hall–Kier alpha value is -1.00. The molecule has 0 spiro atoms. The Bertz CT molecular complexity index is 381. The van der Waals surface area contributed by atoms with E-state index in [2.05, 4.69) is 41.0 Å². The first-order valence-corrected chi connectivity index (χ1v) is 7.42. The number of rotatable bonds is 5. The van der Waals surface area contributed by atoms with Gasteiger partial charge in [-0.2, -0.15) is 0 Å². The molecular weight excluding hydrogens is 236 g/mol. The lowest BCUT2D eigenvalue weighted by atomic mass is 9.92. The second-order valence-electron chi connectivity index (χ2n) is 5.81. The zero-order chi connectivity index (χ0) is 13.7. The minimum absolute atomic E-state index is 0.221. The molecule has 0 aliphatic carbocycles. The predicted octanol–water partition coefficient (Wildman–Crippen LogP) is 2.22. The molecule has 0 aromatic carbocycles. The highest BCUT2D eigenvalue weighted by Crippen LogP contribution is 2.22. The van der Waals surface area contributed by atoms with Gasteiger partial charge >= 0.3 is 0 Å². The zero-order valence-corrected chi connectivity index (χ0v) is 12.4. The standard InChI is InChI=1S/C15H26N4/c1-4-7-13-10-18-15(3,5-2)12-19(13)11-14-16-8-6-9-17-14/h6,8-9,13,18H,4-5,7,10-12H2,1-3H3. The second-order valence-corrected chi connectivity index (χ2v) is 5.81. The maximum absolute atomic E-state index is 4.37. The van der Waals surface area contributed by atoms with Crippen molar-refractivity contribution in [1.82, 2.24) is 20.2 Å². The Balaban J connectivity index is 2.07. The van der Waals surface area contributed by atoms with Crippen molar-refractivity contribution in [1.29, 1.82) is 0 Å². The summed E-state index contributed by atoms with van der Waals surface area (Å²) < 4.78 is 0. The Morgan fingerprint density at radius 1 is 1.37 bits per heavy atom. The summed E-state index contributed by atoms with van der Waals surface area (Å²) in [6.45, 7) is 9.84. The van der Waals surface area contributed by atoms with E-state index in [9.17, 15) is 0 Å². The molecule has 1 N–H and O–H groups in total. The van der Waals surface area contributed by atoms with Gasteiger partial charge in [0, 0.05) is 37.1 Å². The van der Waals surface area contributed by atoms with Crippen molar-refractivity contribution in [3.05, 3.63) is 24.3 Å². The lowest BCUT2D eigenvalue weighted by molar-refractivity contribution is 0.0703. The topological polar surface area (TPSA) is 41.0 Å². The van der Waals surface area contributed by atoms with Crippen molar-refractivity contribution in [3.8, 4) is 0 Å². The third-order valence-corrected chi connectivity index (χ3v) is 4.20. The third-order valence-electron chi connectivity index (χ3n) is 4.20. The fourth-order valence-corrected chi connectivity index (χ4v) is 2.76. The van der Waals surface area contributed by atoms with Gasteiger partial charge < -0.3 is 5.32 Å². The lowest BCUT2D eigenvalue weighted by Crippen LogP contribution is -2.62. The highest BCUT2D eigenvalue weighted by atomic mass is 15.3. The Labute approximate surface area is 116 Å². The largest absolute Gasteiger partial charge is 0.309 e. The van der Waals surface area contributed by atoms with Gasteiger partial charge in [-0.05, 0) is 25.8 Å². The molecule has 1 fully saturated rings. The van der Waals surface area contributed by atoms with E-state index in [1.54, 1.807) is 0 Å². The number of nitrogens with one attached hydrogen (secondary N) is 1. The van der Waals surface area contributed by atoms with E-state index in [4.69, 9.17) is 0 Å². The van der Waals surface area contributed by atoms with Crippen molar-refractivity contribution in [2.45, 2.75) is 58.2 Å². The summed E-state index contributed by atoms with van der Waals surface area (Å²) in [5.41, 5.74) is 0.221. The molecule has 2 rings (SSSR count). The van der Waals surface area contributed by atoms with Crippen LogP contribution in [-0.4, -0.2) is 39.5 Å². The van der Waals surface area contributed by atoms with Crippen LogP contribution < -0.4 is 5.32 Å². The third kappa shape index (κ3) is 3.74. The first-order valence-electron chi connectivity index (χ1n) is 7.42. The smallest absolute Gasteiger partial charge is 0.142 e. The van der Waals surface area contributed by atoms with E-state index in [0.717, 1.165) is 31.9 Å². The van der Waals surface area contributed by atoms with Crippen LogP contribution in [0.15, 0.2) is 18.5 Å². The molecule has 1 aliphatic heterocycles. The maximum atomic E-state index is 4.37. The van der Waals surface area contributed by atoms with Gasteiger partial charge in [-0.15, -0.1) is 0 Å². The van der Waals surface area contributed by atoms with E-state index >= 15 is 0 Å². The van der Waals surface area contributed by atoms with E-state index in [1.807, 2.05) is 18.5 Å². The van der Waals surface area contributed by atoms with Gasteiger partial charge in [0.25, 0.3) is 0 Å². The highest BCUT2D eigenvalue weighted by molar-refractivity contribution is 4.97. The fraction of sp³-hybridized carbons (Fsp3) is 0.733. The Kier molecular flexibility index (Phi) is 4.88. The predicted molar refractivity (Wildman–Crippen MR) is 77.8 cm³/mol. The molecule has 0 radical (unpaired) electrons. The maximum Gasteiger partial charge on any atom is 0.142 e. The van der Waals surface area contributed by atoms with Crippen LogP contribution in [0.25, 0.3) is 0 Å². The van der Waals surface area contributed by atoms with Gasteiger partial charge in [-0.3, -0.25) is 4.90 Å². The molecule has 1 aromatic rings. The Morgan fingerprint density at radius 3 is 2.74 bits per heavy atom. The molecule has 19 heavy (non-hydrogen) atoms. The van der Waals surface area contributed by atoms with Crippen molar-refractivity contribution in [2.24, 2.45) is 0 Å². The summed E-state index contributed by atoms with van der Waals surface area (Å²) in [5, 5.41) is 3.71. The zero-order valence-electron chi connectivity index (χ0n) is 12.4. The molecule has 0 amide bonds. The van der Waals surface area contributed by atoms with Crippen molar-refractivity contribution >= 4 is 0 Å². The normalized spacial score (nSPS) is 28.5. The number of hydrogen-bond donors (Lipinski definition) is 1. The molecule has 2 heterocycles. The summed E-state index contributed by atoms with van der Waals surface area (Å²) in [5.74, 6) is 0.934. The Morgan fingerprint density at radius 2 is 2.11 bits per heavy atom. The van der Waals surface area contributed by atoms with Crippen molar-refractivity contribution in [2.75, 3.05) is 13.1 Å². The van der Waals surface area contributed by atoms with Crippen molar-refractivity contribution in [3.63, 3.8) is 0 Å². The number of nitrogens with zero attached hydrogens (tertiary/aromatic N) is 3. The van der Waals surface area contributed by atoms with Gasteiger partial charge in [0.05, 0.1) is 6.54 Å². The summed E-state index contributed by atoms with van der Waals surface area (Å²) in [7, 11) is 0. The van der Waals surface area contributed by atoms with E-state index < -0.39 is 0 Å². The molecule has 1 aliphatic rings. The highest BCUT2D eigenvalue weighted by Gasteiger charge is 2.34. The SMILES string of the molecule is CCCC1CNC(C)(CC)CN1Cc1ncccn1. The second kappa shape index (κ2) is 6.44. The van der Waals surface area contributed by atoms with Crippen LogP contribution in [0, 0.1) is 0 Å². The van der Waals surface area contributed by atoms with Gasteiger partial charge in [0.15, 0.2) is 0 Å². The van der Waals surface area contributed by atoms with E-state index in [-0.39, 0.29) is 5.54 Å². The average molecular weight is 262 g/mol. The molecular formula is C15H26N4. The molecule has 4 heteroatoms. The molecule has 4 nitrogen and oxygen atoms in total. The van der Waals surface area contributed by atoms with Crippen LogP contribution in [0.1, 0.15) is 45.9 Å². The molecule has 0 bridgehead atoms. The molecule has 2 unspecified atom stereocenters. The summed E-state index contributed by atoms with van der Waals surface area (Å²) in [4.78, 5) is 11.3. The summed E-state index contributed by atoms with van der Waals surface area (Å²) in [6.07, 6.45) is 7.27. The fourth-order valence-electron chi connectivity index (χ4n) is 2.76. The van der Waals surface area contributed by atoms with Crippen LogP contribution in [0.5, 0.6) is 0 Å². The number of aromatic nitrogens is 2. The van der Waals surface area contributed by atoms with Gasteiger partial charge in [0.2, 0.25) is 0 Å². The first kappa shape index (κ1) is 14.4. The van der Waals surface area contributed by atoms with Crippen LogP contribution in [0.3, 0.4) is 0 Å². The first-order chi connectivity index (χ1) is 9.17. The van der Waals surface area contributed by atoms with Crippen LogP contribution in [0.2, 0.25) is 0 Å². The lowest BCUT2D eigenvalue weighted by Gasteiger charge is -2.46. The summed E-state index contributed by atoms with van der Waals surface area (Å²) in [6, 6.07) is 2.48. The van der Waals surface area contributed by atoms with E-state index in [0.29, 0.717) is 6.04 Å². The molecule has 1 saturated heterocycles. The van der Waals surface area contributed by atoms with Crippen LogP contribution >= 0.6 is 0 Å². The minimum Gasteiger partial charge on any atom is -0.309 e. The summed E-state index contributed by atoms with van der Waals surface area (Å²) >= 11 is 0. The monoisotopic (exact) mass is 262 g/mol. The van der Waals surface area contributed by atoms with Gasteiger partial charge in [-0.1, -0.05) is 20.3 Å². The van der Waals surface area contributed by atoms with Crippen LogP contribution in [-0.2, 0) is 6.54 Å². The molecule has 106 valence electrons. The average Bonchev–Trinajstić information content (AvgIpc) is 2.43.